The van der Waals surface area contributed by atoms with Gasteiger partial charge in [0, 0.05) is 23.2 Å². The highest BCUT2D eigenvalue weighted by atomic mass is 16.3. The van der Waals surface area contributed by atoms with Crippen LogP contribution in [0.5, 0.6) is 0 Å². The van der Waals surface area contributed by atoms with Gasteiger partial charge in [0.2, 0.25) is 0 Å². The summed E-state index contributed by atoms with van der Waals surface area (Å²) in [5, 5.41) is 21.3. The van der Waals surface area contributed by atoms with Crippen molar-refractivity contribution in [2.45, 2.75) is 38.9 Å². The van der Waals surface area contributed by atoms with Crippen LogP contribution in [0, 0.1) is 23.2 Å². The molecule has 0 saturated heterocycles. The number of Topliss-reactive ketones (excluding diaryl/α,β-unsaturated/α-hetero) is 1. The smallest absolute Gasteiger partial charge is 0.186 e. The number of hydrogen-bond donors (Lipinski definition) is 2. The fourth-order valence-corrected chi connectivity index (χ4v) is 4.67. The number of rotatable bonds is 0. The van der Waals surface area contributed by atoms with E-state index in [1.54, 1.807) is 6.08 Å². The molecule has 4 nitrogen and oxygen atoms in total. The molecule has 4 aliphatic carbocycles. The third kappa shape index (κ3) is 1.29. The monoisotopic (exact) mass is 276 g/mol. The number of carbonyl (C=O) groups excluding carboxylic acids is 2. The molecule has 0 radical (unpaired) electrons. The van der Waals surface area contributed by atoms with E-state index in [-0.39, 0.29) is 11.6 Å². The first-order valence-electron chi connectivity index (χ1n) is 6.95. The van der Waals surface area contributed by atoms with Gasteiger partial charge in [-0.3, -0.25) is 9.59 Å². The molecule has 20 heavy (non-hydrogen) atoms. The molecular formula is C16H20O4. The highest BCUT2D eigenvalue weighted by Crippen LogP contribution is 2.62. The lowest BCUT2D eigenvalue weighted by molar-refractivity contribution is -0.189. The first-order chi connectivity index (χ1) is 9.04. The molecule has 0 aliphatic heterocycles. The SMILES string of the molecule is CC1=CC2C(=O)C(C)(O)C1C1C2(C)C=CC(=O)[C@@]1(C)O. The van der Waals surface area contributed by atoms with Gasteiger partial charge >= 0.3 is 0 Å². The molecule has 1 fully saturated rings. The van der Waals surface area contributed by atoms with E-state index in [9.17, 15) is 19.8 Å². The van der Waals surface area contributed by atoms with Crippen LogP contribution in [-0.4, -0.2) is 33.0 Å². The molecule has 0 spiro atoms. The van der Waals surface area contributed by atoms with Crippen LogP contribution >= 0.6 is 0 Å². The lowest BCUT2D eigenvalue weighted by Gasteiger charge is -2.61. The first kappa shape index (κ1) is 13.7. The van der Waals surface area contributed by atoms with Crippen LogP contribution in [0.25, 0.3) is 0 Å². The van der Waals surface area contributed by atoms with Crippen molar-refractivity contribution in [1.82, 2.24) is 0 Å². The van der Waals surface area contributed by atoms with Gasteiger partial charge in [-0.2, -0.15) is 0 Å². The second-order valence-electron chi connectivity index (χ2n) is 7.07. The highest BCUT2D eigenvalue weighted by molar-refractivity contribution is 6.01. The summed E-state index contributed by atoms with van der Waals surface area (Å²) in [6.45, 7) is 6.75. The predicted molar refractivity (Wildman–Crippen MR) is 72.7 cm³/mol. The molecule has 2 N–H and O–H groups in total. The fourth-order valence-electron chi connectivity index (χ4n) is 4.67. The molecule has 6 atom stereocenters. The van der Waals surface area contributed by atoms with Crippen molar-refractivity contribution >= 4 is 11.6 Å². The van der Waals surface area contributed by atoms with Crippen molar-refractivity contribution in [1.29, 1.82) is 0 Å². The zero-order valence-corrected chi connectivity index (χ0v) is 12.2. The van der Waals surface area contributed by atoms with Gasteiger partial charge in [0.1, 0.15) is 11.2 Å². The van der Waals surface area contributed by atoms with Crippen LogP contribution in [0.3, 0.4) is 0 Å². The van der Waals surface area contributed by atoms with Crippen LogP contribution in [0.2, 0.25) is 0 Å². The molecule has 4 rings (SSSR count). The van der Waals surface area contributed by atoms with Crippen molar-refractivity contribution in [2.75, 3.05) is 0 Å². The van der Waals surface area contributed by atoms with Crippen molar-refractivity contribution in [3.63, 3.8) is 0 Å². The fraction of sp³-hybridized carbons (Fsp3) is 0.625. The third-order valence-corrected chi connectivity index (χ3v) is 5.68. The second-order valence-corrected chi connectivity index (χ2v) is 7.07. The Kier molecular flexibility index (Phi) is 2.39. The molecule has 0 aromatic carbocycles. The van der Waals surface area contributed by atoms with Gasteiger partial charge in [-0.05, 0) is 26.8 Å². The summed E-state index contributed by atoms with van der Waals surface area (Å²) in [7, 11) is 0. The summed E-state index contributed by atoms with van der Waals surface area (Å²) in [4.78, 5) is 24.6. The topological polar surface area (TPSA) is 74.6 Å². The van der Waals surface area contributed by atoms with Gasteiger partial charge < -0.3 is 10.2 Å². The van der Waals surface area contributed by atoms with Gasteiger partial charge in [-0.15, -0.1) is 0 Å². The summed E-state index contributed by atoms with van der Waals surface area (Å²) >= 11 is 0. The van der Waals surface area contributed by atoms with E-state index in [0.29, 0.717) is 0 Å². The molecule has 0 aromatic heterocycles. The van der Waals surface area contributed by atoms with E-state index in [4.69, 9.17) is 0 Å². The minimum atomic E-state index is -1.56. The Morgan fingerprint density at radius 3 is 2.30 bits per heavy atom. The molecule has 2 bridgehead atoms. The molecule has 4 aliphatic rings. The van der Waals surface area contributed by atoms with Gasteiger partial charge in [0.05, 0.1) is 0 Å². The van der Waals surface area contributed by atoms with E-state index >= 15 is 0 Å². The van der Waals surface area contributed by atoms with Crippen molar-refractivity contribution in [2.24, 2.45) is 23.2 Å². The Balaban J connectivity index is 2.30. The lowest BCUT2D eigenvalue weighted by atomic mass is 9.42. The summed E-state index contributed by atoms with van der Waals surface area (Å²) in [6, 6.07) is 0. The van der Waals surface area contributed by atoms with E-state index in [1.807, 2.05) is 19.9 Å². The predicted octanol–water partition coefficient (Wildman–Crippen LogP) is 1.02. The van der Waals surface area contributed by atoms with Gasteiger partial charge in [0.15, 0.2) is 11.6 Å². The molecule has 108 valence electrons. The number of aliphatic hydroxyl groups is 2. The highest BCUT2D eigenvalue weighted by Gasteiger charge is 2.68. The Bertz CT molecular complexity index is 581. The average molecular weight is 276 g/mol. The molecule has 1 saturated carbocycles. The van der Waals surface area contributed by atoms with Crippen LogP contribution in [0.15, 0.2) is 23.8 Å². The molecule has 0 aromatic rings. The Morgan fingerprint density at radius 1 is 1.10 bits per heavy atom. The minimum absolute atomic E-state index is 0.221. The number of ketones is 2. The molecule has 4 heteroatoms. The van der Waals surface area contributed by atoms with Gasteiger partial charge in [0.25, 0.3) is 0 Å². The number of carbonyl (C=O) groups is 2. The average Bonchev–Trinajstić information content (AvgIpc) is 2.33. The summed E-state index contributed by atoms with van der Waals surface area (Å²) < 4.78 is 0. The minimum Gasteiger partial charge on any atom is -0.382 e. The Morgan fingerprint density at radius 2 is 1.70 bits per heavy atom. The molecule has 5 unspecified atom stereocenters. The number of fused-ring (bicyclic) bond motifs is 1. The van der Waals surface area contributed by atoms with Gasteiger partial charge in [-0.1, -0.05) is 24.6 Å². The second kappa shape index (κ2) is 3.49. The maximum atomic E-state index is 12.5. The van der Waals surface area contributed by atoms with Crippen LogP contribution in [-0.2, 0) is 9.59 Å². The quantitative estimate of drug-likeness (QED) is 0.648. The Hall–Kier alpha value is -1.26. The largest absolute Gasteiger partial charge is 0.382 e. The van der Waals surface area contributed by atoms with Crippen LogP contribution in [0.1, 0.15) is 27.7 Å². The molecule has 0 amide bonds. The lowest BCUT2D eigenvalue weighted by Crippen LogP contribution is -2.70. The van der Waals surface area contributed by atoms with E-state index in [2.05, 4.69) is 0 Å². The Labute approximate surface area is 118 Å². The van der Waals surface area contributed by atoms with E-state index in [1.165, 1.54) is 19.9 Å². The standard InChI is InChI=1S/C16H20O4/c1-8-7-9-13(18)16(4,20)11(8)12-14(9,2)6-5-10(17)15(12,3)19/h5-7,9,11-12,19-20H,1-4H3/t9?,11?,12?,14?,15-,16?/m1/s1. The van der Waals surface area contributed by atoms with Crippen LogP contribution in [0.4, 0.5) is 0 Å². The van der Waals surface area contributed by atoms with Crippen molar-refractivity contribution in [3.05, 3.63) is 23.8 Å². The van der Waals surface area contributed by atoms with Crippen LogP contribution < -0.4 is 0 Å². The first-order valence-corrected chi connectivity index (χ1v) is 6.95. The maximum Gasteiger partial charge on any atom is 0.186 e. The maximum absolute atomic E-state index is 12.5. The molecular weight excluding hydrogens is 256 g/mol. The summed E-state index contributed by atoms with van der Waals surface area (Å²) in [6.07, 6.45) is 5.01. The van der Waals surface area contributed by atoms with E-state index < -0.39 is 34.4 Å². The molecule has 0 heterocycles. The van der Waals surface area contributed by atoms with Crippen molar-refractivity contribution in [3.8, 4) is 0 Å². The number of allylic oxidation sites excluding steroid dienone is 2. The van der Waals surface area contributed by atoms with Crippen molar-refractivity contribution < 1.29 is 19.8 Å². The summed E-state index contributed by atoms with van der Waals surface area (Å²) in [5.41, 5.74) is -2.83. The van der Waals surface area contributed by atoms with E-state index in [0.717, 1.165) is 5.57 Å². The zero-order valence-electron chi connectivity index (χ0n) is 12.2. The third-order valence-electron chi connectivity index (χ3n) is 5.68. The van der Waals surface area contributed by atoms with Gasteiger partial charge in [-0.25, -0.2) is 0 Å². The zero-order chi connectivity index (χ0) is 15.1. The number of hydrogen-bond acceptors (Lipinski definition) is 4. The normalized spacial score (nSPS) is 53.9. The summed E-state index contributed by atoms with van der Waals surface area (Å²) in [5.74, 6) is -2.10.